The van der Waals surface area contributed by atoms with E-state index in [1.165, 1.54) is 0 Å². The van der Waals surface area contributed by atoms with Crippen LogP contribution < -0.4 is 5.32 Å². The first kappa shape index (κ1) is 24.1. The van der Waals surface area contributed by atoms with Crippen LogP contribution in [0.25, 0.3) is 0 Å². The van der Waals surface area contributed by atoms with Gasteiger partial charge in [0.05, 0.1) is 5.92 Å². The van der Waals surface area contributed by atoms with Crippen LogP contribution in [0.2, 0.25) is 0 Å². The Morgan fingerprint density at radius 3 is 2.26 bits per heavy atom. The quantitative estimate of drug-likeness (QED) is 0.571. The van der Waals surface area contributed by atoms with E-state index in [0.29, 0.717) is 24.3 Å². The number of anilines is 1. The normalized spacial score (nSPS) is 12.5. The number of esters is 1. The van der Waals surface area contributed by atoms with Crippen molar-refractivity contribution >= 4 is 23.5 Å². The van der Waals surface area contributed by atoms with Gasteiger partial charge >= 0.3 is 5.97 Å². The Labute approximate surface area is 184 Å². The third kappa shape index (κ3) is 6.67. The maximum absolute atomic E-state index is 12.7. The highest BCUT2D eigenvalue weighted by Crippen LogP contribution is 2.28. The minimum Gasteiger partial charge on any atom is -0.455 e. The maximum Gasteiger partial charge on any atom is 0.314 e. The minimum absolute atomic E-state index is 0.0840. The summed E-state index contributed by atoms with van der Waals surface area (Å²) in [7, 11) is 0. The molecule has 0 heterocycles. The van der Waals surface area contributed by atoms with Crippen molar-refractivity contribution < 1.29 is 19.1 Å². The topological polar surface area (TPSA) is 75.7 Å². The molecule has 2 amide bonds. The van der Waals surface area contributed by atoms with Crippen molar-refractivity contribution in [2.24, 2.45) is 5.92 Å². The lowest BCUT2D eigenvalue weighted by molar-refractivity contribution is -0.150. The van der Waals surface area contributed by atoms with Gasteiger partial charge in [0.25, 0.3) is 11.8 Å². The number of carbonyl (C=O) groups is 3. The van der Waals surface area contributed by atoms with E-state index < -0.39 is 17.8 Å². The fraction of sp³-hybridized carbons (Fsp3) is 0.400. The summed E-state index contributed by atoms with van der Waals surface area (Å²) in [6, 6.07) is 16.2. The highest BCUT2D eigenvalue weighted by atomic mass is 16.5. The first-order valence-electron chi connectivity index (χ1n) is 10.8. The number of hydrogen-bond acceptors (Lipinski definition) is 4. The molecule has 0 unspecified atom stereocenters. The molecule has 2 aromatic carbocycles. The van der Waals surface area contributed by atoms with Crippen LogP contribution in [0.5, 0.6) is 0 Å². The average Bonchev–Trinajstić information content (AvgIpc) is 2.79. The Hall–Kier alpha value is -3.15. The van der Waals surface area contributed by atoms with Crippen LogP contribution in [0.15, 0.2) is 54.6 Å². The first-order chi connectivity index (χ1) is 14.9. The third-order valence-corrected chi connectivity index (χ3v) is 5.42. The van der Waals surface area contributed by atoms with Gasteiger partial charge in [-0.2, -0.15) is 0 Å². The molecule has 31 heavy (non-hydrogen) atoms. The van der Waals surface area contributed by atoms with Gasteiger partial charge < -0.3 is 15.0 Å². The first-order valence-corrected chi connectivity index (χ1v) is 10.8. The summed E-state index contributed by atoms with van der Waals surface area (Å²) in [5.41, 5.74) is 1.87. The van der Waals surface area contributed by atoms with Crippen molar-refractivity contribution in [3.05, 3.63) is 65.7 Å². The molecule has 0 fully saturated rings. The van der Waals surface area contributed by atoms with E-state index in [-0.39, 0.29) is 18.4 Å². The lowest BCUT2D eigenvalue weighted by atomic mass is 9.86. The molecule has 2 rings (SSSR count). The SMILES string of the molecule is CC[C@H](C)[C@H](C(=O)OCC(=O)Nc1cccc(C(=O)N(CC)CC)c1)c1ccccc1. The van der Waals surface area contributed by atoms with E-state index in [1.54, 1.807) is 29.2 Å². The molecule has 6 nitrogen and oxygen atoms in total. The summed E-state index contributed by atoms with van der Waals surface area (Å²) in [6.45, 7) is 8.70. The number of nitrogens with one attached hydrogen (secondary N) is 1. The van der Waals surface area contributed by atoms with Crippen molar-refractivity contribution in [1.29, 1.82) is 0 Å². The molecule has 0 radical (unpaired) electrons. The molecule has 0 bridgehead atoms. The Kier molecular flexibility index (Phi) is 9.25. The van der Waals surface area contributed by atoms with E-state index >= 15 is 0 Å². The number of nitrogens with zero attached hydrogens (tertiary/aromatic N) is 1. The van der Waals surface area contributed by atoms with Gasteiger partial charge in [-0.15, -0.1) is 0 Å². The molecule has 166 valence electrons. The van der Waals surface area contributed by atoms with Gasteiger partial charge in [-0.25, -0.2) is 0 Å². The van der Waals surface area contributed by atoms with Crippen molar-refractivity contribution in [2.75, 3.05) is 25.0 Å². The molecule has 0 aliphatic carbocycles. The molecule has 0 saturated heterocycles. The maximum atomic E-state index is 12.7. The number of carbonyl (C=O) groups excluding carboxylic acids is 3. The highest BCUT2D eigenvalue weighted by Gasteiger charge is 2.27. The molecule has 2 atom stereocenters. The molecular weight excluding hydrogens is 392 g/mol. The van der Waals surface area contributed by atoms with E-state index in [9.17, 15) is 14.4 Å². The van der Waals surface area contributed by atoms with Gasteiger partial charge in [-0.05, 0) is 43.5 Å². The molecule has 0 aromatic heterocycles. The molecule has 1 N–H and O–H groups in total. The van der Waals surface area contributed by atoms with Gasteiger partial charge in [-0.3, -0.25) is 14.4 Å². The molecular formula is C25H32N2O4. The molecule has 0 aliphatic rings. The highest BCUT2D eigenvalue weighted by molar-refractivity contribution is 5.97. The van der Waals surface area contributed by atoms with Gasteiger partial charge in [0.1, 0.15) is 0 Å². The van der Waals surface area contributed by atoms with Crippen molar-refractivity contribution in [3.8, 4) is 0 Å². The smallest absolute Gasteiger partial charge is 0.314 e. The summed E-state index contributed by atoms with van der Waals surface area (Å²) in [5.74, 6) is -1.29. The summed E-state index contributed by atoms with van der Waals surface area (Å²) < 4.78 is 5.34. The van der Waals surface area contributed by atoms with E-state index in [1.807, 2.05) is 58.0 Å². The molecule has 2 aromatic rings. The lowest BCUT2D eigenvalue weighted by Gasteiger charge is -2.22. The monoisotopic (exact) mass is 424 g/mol. The second kappa shape index (κ2) is 11.9. The number of rotatable bonds is 10. The molecule has 6 heteroatoms. The largest absolute Gasteiger partial charge is 0.455 e. The van der Waals surface area contributed by atoms with Crippen LogP contribution in [0.4, 0.5) is 5.69 Å². The van der Waals surface area contributed by atoms with Gasteiger partial charge in [0.15, 0.2) is 6.61 Å². The fourth-order valence-corrected chi connectivity index (χ4v) is 3.44. The van der Waals surface area contributed by atoms with Crippen molar-refractivity contribution in [1.82, 2.24) is 4.90 Å². The summed E-state index contributed by atoms with van der Waals surface area (Å²) >= 11 is 0. The van der Waals surface area contributed by atoms with Crippen LogP contribution in [0.1, 0.15) is 56.0 Å². The molecule has 0 spiro atoms. The van der Waals surface area contributed by atoms with Crippen LogP contribution >= 0.6 is 0 Å². The number of ether oxygens (including phenoxy) is 1. The summed E-state index contributed by atoms with van der Waals surface area (Å²) in [6.07, 6.45) is 0.814. The average molecular weight is 425 g/mol. The zero-order chi connectivity index (χ0) is 22.8. The Bertz CT molecular complexity index is 878. The predicted molar refractivity (Wildman–Crippen MR) is 122 cm³/mol. The number of benzene rings is 2. The van der Waals surface area contributed by atoms with Crippen LogP contribution in [0.3, 0.4) is 0 Å². The van der Waals surface area contributed by atoms with Crippen molar-refractivity contribution in [3.63, 3.8) is 0 Å². The second-order valence-electron chi connectivity index (χ2n) is 7.49. The van der Waals surface area contributed by atoms with Crippen LogP contribution in [-0.4, -0.2) is 42.4 Å². The predicted octanol–water partition coefficient (Wildman–Crippen LogP) is 4.48. The molecule has 0 aliphatic heterocycles. The number of hydrogen-bond donors (Lipinski definition) is 1. The van der Waals surface area contributed by atoms with Gasteiger partial charge in [-0.1, -0.05) is 56.7 Å². The van der Waals surface area contributed by atoms with Crippen molar-refractivity contribution in [2.45, 2.75) is 40.0 Å². The van der Waals surface area contributed by atoms with Gasteiger partial charge in [0.2, 0.25) is 0 Å². The lowest BCUT2D eigenvalue weighted by Crippen LogP contribution is -2.30. The summed E-state index contributed by atoms with van der Waals surface area (Å²) in [5, 5.41) is 2.70. The van der Waals surface area contributed by atoms with E-state index in [2.05, 4.69) is 5.32 Å². The Morgan fingerprint density at radius 2 is 1.65 bits per heavy atom. The zero-order valence-corrected chi connectivity index (χ0v) is 18.8. The Morgan fingerprint density at radius 1 is 0.968 bits per heavy atom. The third-order valence-electron chi connectivity index (χ3n) is 5.42. The summed E-state index contributed by atoms with van der Waals surface area (Å²) in [4.78, 5) is 39.3. The van der Waals surface area contributed by atoms with E-state index in [0.717, 1.165) is 12.0 Å². The molecule has 0 saturated carbocycles. The fourth-order valence-electron chi connectivity index (χ4n) is 3.44. The minimum atomic E-state index is -0.447. The van der Waals surface area contributed by atoms with Gasteiger partial charge in [0, 0.05) is 24.3 Å². The zero-order valence-electron chi connectivity index (χ0n) is 18.8. The standard InChI is InChI=1S/C25H32N2O4/c1-5-18(4)23(19-12-9-8-10-13-19)25(30)31-17-22(28)26-21-15-11-14-20(16-21)24(29)27(6-2)7-3/h8-16,18,23H,5-7,17H2,1-4H3,(H,26,28)/t18-,23-/m0/s1. The van der Waals surface area contributed by atoms with Crippen LogP contribution in [-0.2, 0) is 14.3 Å². The number of amides is 2. The Balaban J connectivity index is 2.00. The van der Waals surface area contributed by atoms with Crippen LogP contribution in [0, 0.1) is 5.92 Å². The second-order valence-corrected chi connectivity index (χ2v) is 7.49. The van der Waals surface area contributed by atoms with E-state index in [4.69, 9.17) is 4.74 Å².